The van der Waals surface area contributed by atoms with Gasteiger partial charge in [0.05, 0.1) is 32.2 Å². The van der Waals surface area contributed by atoms with Crippen molar-refractivity contribution in [2.24, 2.45) is 0 Å². The topological polar surface area (TPSA) is 122 Å². The fourth-order valence-corrected chi connectivity index (χ4v) is 8.13. The highest BCUT2D eigenvalue weighted by atomic mass is 32.2. The van der Waals surface area contributed by atoms with Crippen LogP contribution in [0.25, 0.3) is 38.5 Å². The molecule has 8 nitrogen and oxygen atoms in total. The van der Waals surface area contributed by atoms with Gasteiger partial charge in [-0.15, -0.1) is 0 Å². The van der Waals surface area contributed by atoms with Crippen LogP contribution >= 0.6 is 23.1 Å². The van der Waals surface area contributed by atoms with Crippen LogP contribution in [0.3, 0.4) is 0 Å². The molecule has 2 heterocycles. The SMILES string of the molecule is CC(CN1C(=Cc2sc3ccc(-c4ccccc4)cc3[n+]2CC(C)S(=O)(=O)[O-])Sc2ccc(-c3ccccc3)cc21)S(=O)(=O)[O-]. The zero-order valence-corrected chi connectivity index (χ0v) is 27.6. The third-order valence-corrected chi connectivity index (χ3v) is 12.3. The summed E-state index contributed by atoms with van der Waals surface area (Å²) >= 11 is 2.88. The van der Waals surface area contributed by atoms with Gasteiger partial charge in [0.2, 0.25) is 5.52 Å². The van der Waals surface area contributed by atoms with E-state index in [2.05, 4.69) is 0 Å². The molecule has 2 unspecified atom stereocenters. The summed E-state index contributed by atoms with van der Waals surface area (Å²) in [7, 11) is -9.15. The lowest BCUT2D eigenvalue weighted by molar-refractivity contribution is -0.667. The Hall–Kier alpha value is -3.52. The Morgan fingerprint density at radius 2 is 1.33 bits per heavy atom. The van der Waals surface area contributed by atoms with Gasteiger partial charge in [0.15, 0.2) is 6.54 Å². The number of hydrogen-bond donors (Lipinski definition) is 0. The normalized spacial score (nSPS) is 15.8. The minimum absolute atomic E-state index is 0.0652. The first-order valence-corrected chi connectivity index (χ1v) is 18.7. The van der Waals surface area contributed by atoms with Gasteiger partial charge in [-0.05, 0) is 54.3 Å². The summed E-state index contributed by atoms with van der Waals surface area (Å²) in [6.07, 6.45) is 1.88. The van der Waals surface area contributed by atoms with Crippen LogP contribution in [-0.4, -0.2) is 43.0 Å². The molecular weight excluding hydrogens is 649 g/mol. The molecule has 0 aliphatic carbocycles. The molecule has 232 valence electrons. The van der Waals surface area contributed by atoms with Crippen LogP contribution in [0.2, 0.25) is 0 Å². The number of fused-ring (bicyclic) bond motifs is 2. The Kier molecular flexibility index (Phi) is 8.63. The molecule has 1 aromatic heterocycles. The number of aromatic nitrogens is 1. The van der Waals surface area contributed by atoms with E-state index in [0.29, 0.717) is 10.0 Å². The molecule has 1 aliphatic rings. The van der Waals surface area contributed by atoms with E-state index in [1.54, 1.807) is 0 Å². The summed E-state index contributed by atoms with van der Waals surface area (Å²) in [6, 6.07) is 31.5. The van der Waals surface area contributed by atoms with E-state index >= 15 is 0 Å². The summed E-state index contributed by atoms with van der Waals surface area (Å²) in [5.41, 5.74) is 5.43. The molecule has 0 saturated heterocycles. The van der Waals surface area contributed by atoms with Crippen molar-refractivity contribution in [3.63, 3.8) is 0 Å². The van der Waals surface area contributed by atoms with Gasteiger partial charge in [-0.1, -0.05) is 95.9 Å². The van der Waals surface area contributed by atoms with Crippen LogP contribution in [0.5, 0.6) is 0 Å². The predicted octanol–water partition coefficient (Wildman–Crippen LogP) is 6.30. The highest BCUT2D eigenvalue weighted by Gasteiger charge is 2.31. The van der Waals surface area contributed by atoms with Crippen molar-refractivity contribution in [3.8, 4) is 22.3 Å². The molecule has 0 radical (unpaired) electrons. The molecule has 0 N–H and O–H groups in total. The summed E-state index contributed by atoms with van der Waals surface area (Å²) in [5.74, 6) is 0. The molecule has 0 bridgehead atoms. The molecule has 0 amide bonds. The smallest absolute Gasteiger partial charge is 0.265 e. The van der Waals surface area contributed by atoms with Crippen LogP contribution in [-0.2, 0) is 26.8 Å². The molecule has 0 saturated carbocycles. The van der Waals surface area contributed by atoms with E-state index in [1.807, 2.05) is 113 Å². The summed E-state index contributed by atoms with van der Waals surface area (Å²) in [6.45, 7) is 2.67. The first-order chi connectivity index (χ1) is 21.4. The molecule has 2 atom stereocenters. The van der Waals surface area contributed by atoms with Gasteiger partial charge in [-0.3, -0.25) is 0 Å². The number of benzene rings is 4. The second-order valence-corrected chi connectivity index (χ2v) is 16.7. The van der Waals surface area contributed by atoms with Crippen molar-refractivity contribution in [2.75, 3.05) is 11.4 Å². The van der Waals surface area contributed by atoms with Gasteiger partial charge >= 0.3 is 0 Å². The van der Waals surface area contributed by atoms with E-state index in [4.69, 9.17) is 0 Å². The van der Waals surface area contributed by atoms with Gasteiger partial charge in [0, 0.05) is 17.5 Å². The van der Waals surface area contributed by atoms with Gasteiger partial charge in [0.1, 0.15) is 20.1 Å². The van der Waals surface area contributed by atoms with Crippen molar-refractivity contribution < 1.29 is 30.5 Å². The maximum atomic E-state index is 12.0. The standard InChI is InChI=1S/C33H30N2O6S4/c1-22(44(36,37)38)20-34-28-17-26(24-9-5-3-6-10-24)13-15-30(28)42-32(34)19-33-35(21-23(2)45(39,40)41)29-18-27(14-16-31(29)43-33)25-11-7-4-8-12-25/h3-19,22-23H,20-21H2,1-2H3,(H-,36,37,38,39,40,41)/p-1. The minimum Gasteiger partial charge on any atom is -0.748 e. The number of anilines is 1. The molecule has 1 aliphatic heterocycles. The molecule has 45 heavy (non-hydrogen) atoms. The van der Waals surface area contributed by atoms with Gasteiger partial charge in [0.25, 0.3) is 5.01 Å². The fraction of sp³-hybridized carbons (Fsp3) is 0.182. The highest BCUT2D eigenvalue weighted by Crippen LogP contribution is 2.48. The predicted molar refractivity (Wildman–Crippen MR) is 179 cm³/mol. The minimum atomic E-state index is -4.58. The Morgan fingerprint density at radius 3 is 1.93 bits per heavy atom. The molecule has 5 aromatic rings. The average molecular weight is 678 g/mol. The summed E-state index contributed by atoms with van der Waals surface area (Å²) in [5, 5.41) is -1.01. The lowest BCUT2D eigenvalue weighted by Crippen LogP contribution is -2.43. The Labute approximate surface area is 271 Å². The second kappa shape index (κ2) is 12.3. The van der Waals surface area contributed by atoms with Crippen LogP contribution < -0.4 is 9.47 Å². The van der Waals surface area contributed by atoms with Crippen LogP contribution in [0.1, 0.15) is 18.9 Å². The zero-order valence-electron chi connectivity index (χ0n) is 24.4. The third kappa shape index (κ3) is 6.71. The first kappa shape index (κ1) is 31.5. The second-order valence-electron chi connectivity index (χ2n) is 11.0. The van der Waals surface area contributed by atoms with Crippen molar-refractivity contribution in [3.05, 3.63) is 107 Å². The molecule has 0 fully saturated rings. The van der Waals surface area contributed by atoms with Crippen LogP contribution in [0.4, 0.5) is 5.69 Å². The quantitative estimate of drug-likeness (QED) is 0.132. The molecular formula is C33H29N2O6S4-. The monoisotopic (exact) mass is 677 g/mol. The van der Waals surface area contributed by atoms with Crippen molar-refractivity contribution in [1.82, 2.24) is 0 Å². The maximum Gasteiger partial charge on any atom is 0.265 e. The van der Waals surface area contributed by atoms with Crippen molar-refractivity contribution in [2.45, 2.75) is 35.8 Å². The van der Waals surface area contributed by atoms with Gasteiger partial charge < -0.3 is 14.0 Å². The Bertz CT molecular complexity index is 2130. The van der Waals surface area contributed by atoms with E-state index in [1.165, 1.54) is 36.9 Å². The lowest BCUT2D eigenvalue weighted by Gasteiger charge is -2.26. The van der Waals surface area contributed by atoms with Gasteiger partial charge in [-0.25, -0.2) is 16.8 Å². The number of rotatable bonds is 9. The van der Waals surface area contributed by atoms with E-state index in [-0.39, 0.29) is 13.1 Å². The lowest BCUT2D eigenvalue weighted by atomic mass is 10.0. The summed E-state index contributed by atoms with van der Waals surface area (Å²) in [4.78, 5) is 2.73. The molecule has 12 heteroatoms. The zero-order chi connectivity index (χ0) is 31.9. The van der Waals surface area contributed by atoms with E-state index in [0.717, 1.165) is 43.1 Å². The summed E-state index contributed by atoms with van der Waals surface area (Å²) < 4.78 is 74.9. The van der Waals surface area contributed by atoms with E-state index < -0.39 is 30.7 Å². The number of thiazole rings is 1. The van der Waals surface area contributed by atoms with Crippen molar-refractivity contribution >= 4 is 65.3 Å². The Morgan fingerprint density at radius 1 is 0.756 bits per heavy atom. The largest absolute Gasteiger partial charge is 0.748 e. The highest BCUT2D eigenvalue weighted by molar-refractivity contribution is 8.04. The fourth-order valence-electron chi connectivity index (χ4n) is 5.22. The number of hydrogen-bond acceptors (Lipinski definition) is 9. The number of nitrogens with zero attached hydrogens (tertiary/aromatic N) is 2. The molecule has 4 aromatic carbocycles. The molecule has 6 rings (SSSR count). The molecule has 0 spiro atoms. The van der Waals surface area contributed by atoms with Crippen LogP contribution in [0.15, 0.2) is 107 Å². The van der Waals surface area contributed by atoms with E-state index in [9.17, 15) is 25.9 Å². The van der Waals surface area contributed by atoms with Crippen LogP contribution in [0, 0.1) is 0 Å². The van der Waals surface area contributed by atoms with Crippen molar-refractivity contribution in [1.29, 1.82) is 0 Å². The third-order valence-electron chi connectivity index (χ3n) is 7.79. The maximum absolute atomic E-state index is 12.0. The Balaban J connectivity index is 1.49. The average Bonchev–Trinajstić information content (AvgIpc) is 3.53. The van der Waals surface area contributed by atoms with Gasteiger partial charge in [-0.2, -0.15) is 4.57 Å². The first-order valence-electron chi connectivity index (χ1n) is 14.2. The number of thioether (sulfide) groups is 1.